The number of phenolic OH excluding ortho intramolecular Hbond substituents is 1. The summed E-state index contributed by atoms with van der Waals surface area (Å²) in [6.45, 7) is 0. The van der Waals surface area contributed by atoms with Gasteiger partial charge in [-0.1, -0.05) is 0 Å². The number of rotatable bonds is 3. The summed E-state index contributed by atoms with van der Waals surface area (Å²) in [5, 5.41) is 17.9. The summed E-state index contributed by atoms with van der Waals surface area (Å²) in [4.78, 5) is 24.1. The molecule has 0 saturated heterocycles. The molecule has 2 aromatic carbocycles. The molecule has 0 aromatic heterocycles. The summed E-state index contributed by atoms with van der Waals surface area (Å²) in [5.41, 5.74) is 0.338. The van der Waals surface area contributed by atoms with E-state index in [1.165, 1.54) is 48.3 Å². The molecule has 0 aliphatic heterocycles. The number of anilines is 1. The zero-order chi connectivity index (χ0) is 15.6. The van der Waals surface area contributed by atoms with E-state index in [9.17, 15) is 14.0 Å². The van der Waals surface area contributed by atoms with Gasteiger partial charge in [0.05, 0.1) is 11.1 Å². The molecule has 0 unspecified atom stereocenters. The van der Waals surface area contributed by atoms with Gasteiger partial charge < -0.3 is 15.1 Å². The first-order chi connectivity index (χ1) is 9.90. The van der Waals surface area contributed by atoms with Crippen molar-refractivity contribution < 1.29 is 24.2 Å². The fourth-order valence-corrected chi connectivity index (χ4v) is 1.80. The molecule has 0 aliphatic carbocycles. The van der Waals surface area contributed by atoms with Crippen molar-refractivity contribution >= 4 is 17.6 Å². The fraction of sp³-hybridized carbons (Fsp3) is 0.0667. The Bertz CT molecular complexity index is 697. The van der Waals surface area contributed by atoms with Crippen LogP contribution in [0.2, 0.25) is 0 Å². The first kappa shape index (κ1) is 14.5. The molecule has 0 bridgehead atoms. The van der Waals surface area contributed by atoms with Crippen LogP contribution < -0.4 is 4.90 Å². The number of halogens is 1. The highest BCUT2D eigenvalue weighted by atomic mass is 19.1. The van der Waals surface area contributed by atoms with Crippen molar-refractivity contribution in [1.29, 1.82) is 0 Å². The first-order valence-electron chi connectivity index (χ1n) is 6.00. The van der Waals surface area contributed by atoms with E-state index in [-0.39, 0.29) is 16.9 Å². The van der Waals surface area contributed by atoms with E-state index in [4.69, 9.17) is 10.2 Å². The standard InChI is InChI=1S/C15H12FNO4/c1-17(10-4-2-9(3-5-10)15(20)21)14(19)12-7-6-11(18)8-13(12)16/h2-8,18H,1H3,(H,20,21). The van der Waals surface area contributed by atoms with Crippen LogP contribution in [0.1, 0.15) is 20.7 Å². The van der Waals surface area contributed by atoms with E-state index in [1.54, 1.807) is 0 Å². The van der Waals surface area contributed by atoms with Gasteiger partial charge in [-0.15, -0.1) is 0 Å². The summed E-state index contributed by atoms with van der Waals surface area (Å²) in [5.74, 6) is -2.76. The summed E-state index contributed by atoms with van der Waals surface area (Å²) in [7, 11) is 1.45. The van der Waals surface area contributed by atoms with Crippen LogP contribution in [0.5, 0.6) is 5.75 Å². The van der Waals surface area contributed by atoms with Crippen LogP contribution in [-0.2, 0) is 0 Å². The Morgan fingerprint density at radius 2 is 1.71 bits per heavy atom. The molecule has 2 N–H and O–H groups in total. The number of phenols is 1. The summed E-state index contributed by atoms with van der Waals surface area (Å²) in [6.07, 6.45) is 0. The number of hydrogen-bond acceptors (Lipinski definition) is 3. The van der Waals surface area contributed by atoms with Crippen molar-refractivity contribution in [3.8, 4) is 5.75 Å². The Labute approximate surface area is 119 Å². The molecule has 0 radical (unpaired) electrons. The highest BCUT2D eigenvalue weighted by Crippen LogP contribution is 2.20. The van der Waals surface area contributed by atoms with Crippen LogP contribution in [-0.4, -0.2) is 29.1 Å². The highest BCUT2D eigenvalue weighted by Gasteiger charge is 2.18. The van der Waals surface area contributed by atoms with Gasteiger partial charge in [-0.25, -0.2) is 9.18 Å². The number of carboxylic acid groups (broad SMARTS) is 1. The minimum absolute atomic E-state index is 0.0930. The normalized spacial score (nSPS) is 10.2. The maximum absolute atomic E-state index is 13.7. The van der Waals surface area contributed by atoms with E-state index < -0.39 is 17.7 Å². The van der Waals surface area contributed by atoms with Crippen molar-refractivity contribution in [2.24, 2.45) is 0 Å². The molecular weight excluding hydrogens is 277 g/mol. The maximum Gasteiger partial charge on any atom is 0.335 e. The van der Waals surface area contributed by atoms with Gasteiger partial charge in [0.2, 0.25) is 0 Å². The number of carbonyl (C=O) groups is 2. The lowest BCUT2D eigenvalue weighted by atomic mass is 10.1. The molecule has 0 fully saturated rings. The van der Waals surface area contributed by atoms with Crippen LogP contribution in [0.3, 0.4) is 0 Å². The molecule has 5 nitrogen and oxygen atoms in total. The molecule has 0 aliphatic rings. The van der Waals surface area contributed by atoms with Crippen LogP contribution in [0.4, 0.5) is 10.1 Å². The van der Waals surface area contributed by atoms with Crippen molar-refractivity contribution in [1.82, 2.24) is 0 Å². The molecule has 0 heterocycles. The summed E-state index contributed by atoms with van der Waals surface area (Å²) < 4.78 is 13.7. The molecule has 0 atom stereocenters. The highest BCUT2D eigenvalue weighted by molar-refractivity contribution is 6.06. The quantitative estimate of drug-likeness (QED) is 0.910. The Hall–Kier alpha value is -2.89. The third-order valence-corrected chi connectivity index (χ3v) is 2.99. The van der Waals surface area contributed by atoms with Crippen molar-refractivity contribution in [3.63, 3.8) is 0 Å². The van der Waals surface area contributed by atoms with Gasteiger partial charge in [-0.2, -0.15) is 0 Å². The molecule has 108 valence electrons. The topological polar surface area (TPSA) is 77.8 Å². The van der Waals surface area contributed by atoms with Gasteiger partial charge in [-0.05, 0) is 36.4 Å². The van der Waals surface area contributed by atoms with E-state index >= 15 is 0 Å². The summed E-state index contributed by atoms with van der Waals surface area (Å²) in [6, 6.07) is 8.89. The number of aromatic carboxylic acids is 1. The van der Waals surface area contributed by atoms with Crippen molar-refractivity contribution in [3.05, 3.63) is 59.4 Å². The Morgan fingerprint density at radius 3 is 2.24 bits per heavy atom. The lowest BCUT2D eigenvalue weighted by Crippen LogP contribution is -2.27. The van der Waals surface area contributed by atoms with Crippen LogP contribution >= 0.6 is 0 Å². The molecule has 2 aromatic rings. The van der Waals surface area contributed by atoms with Gasteiger partial charge in [0.15, 0.2) is 0 Å². The van der Waals surface area contributed by atoms with E-state index in [0.29, 0.717) is 5.69 Å². The number of hydrogen-bond donors (Lipinski definition) is 2. The Morgan fingerprint density at radius 1 is 1.10 bits per heavy atom. The lowest BCUT2D eigenvalue weighted by Gasteiger charge is -2.18. The molecule has 0 saturated carbocycles. The second-order valence-corrected chi connectivity index (χ2v) is 4.38. The van der Waals surface area contributed by atoms with Gasteiger partial charge >= 0.3 is 5.97 Å². The minimum atomic E-state index is -1.07. The predicted molar refractivity (Wildman–Crippen MR) is 74.2 cm³/mol. The lowest BCUT2D eigenvalue weighted by molar-refractivity contribution is 0.0696. The third-order valence-electron chi connectivity index (χ3n) is 2.99. The average molecular weight is 289 g/mol. The number of carboxylic acids is 1. The zero-order valence-electron chi connectivity index (χ0n) is 11.1. The van der Waals surface area contributed by atoms with Crippen molar-refractivity contribution in [2.75, 3.05) is 11.9 Å². The molecular formula is C15H12FNO4. The SMILES string of the molecule is CN(C(=O)c1ccc(O)cc1F)c1ccc(C(=O)O)cc1. The van der Waals surface area contributed by atoms with Gasteiger partial charge in [0.1, 0.15) is 11.6 Å². The molecule has 0 spiro atoms. The van der Waals surface area contributed by atoms with Crippen molar-refractivity contribution in [2.45, 2.75) is 0 Å². The minimum Gasteiger partial charge on any atom is -0.508 e. The summed E-state index contributed by atoms with van der Waals surface area (Å²) >= 11 is 0. The first-order valence-corrected chi connectivity index (χ1v) is 6.00. The van der Waals surface area contributed by atoms with Gasteiger partial charge in [0, 0.05) is 18.8 Å². The number of amides is 1. The molecule has 21 heavy (non-hydrogen) atoms. The average Bonchev–Trinajstić information content (AvgIpc) is 2.46. The van der Waals surface area contributed by atoms with E-state index in [0.717, 1.165) is 6.07 Å². The van der Waals surface area contributed by atoms with E-state index in [2.05, 4.69) is 0 Å². The predicted octanol–water partition coefficient (Wildman–Crippen LogP) is 2.51. The fourth-order valence-electron chi connectivity index (χ4n) is 1.80. The molecule has 6 heteroatoms. The number of benzene rings is 2. The van der Waals surface area contributed by atoms with Crippen LogP contribution in [0, 0.1) is 5.82 Å². The third kappa shape index (κ3) is 3.00. The van der Waals surface area contributed by atoms with Gasteiger partial charge in [0.25, 0.3) is 5.91 Å². The largest absolute Gasteiger partial charge is 0.508 e. The molecule has 2 rings (SSSR count). The zero-order valence-corrected chi connectivity index (χ0v) is 11.1. The number of nitrogens with zero attached hydrogens (tertiary/aromatic N) is 1. The number of aromatic hydroxyl groups is 1. The second-order valence-electron chi connectivity index (χ2n) is 4.38. The van der Waals surface area contributed by atoms with E-state index in [1.807, 2.05) is 0 Å². The molecule has 1 amide bonds. The van der Waals surface area contributed by atoms with Crippen LogP contribution in [0.25, 0.3) is 0 Å². The maximum atomic E-state index is 13.7. The Kier molecular flexibility index (Phi) is 3.89. The smallest absolute Gasteiger partial charge is 0.335 e. The monoisotopic (exact) mass is 289 g/mol. The van der Waals surface area contributed by atoms with Crippen LogP contribution in [0.15, 0.2) is 42.5 Å². The number of carbonyl (C=O) groups excluding carboxylic acids is 1. The van der Waals surface area contributed by atoms with Gasteiger partial charge in [-0.3, -0.25) is 4.79 Å². The Balaban J connectivity index is 2.28. The second kappa shape index (κ2) is 5.62.